The summed E-state index contributed by atoms with van der Waals surface area (Å²) >= 11 is 0. The fourth-order valence-electron chi connectivity index (χ4n) is 4.92. The first-order valence-corrected chi connectivity index (χ1v) is 12.0. The summed E-state index contributed by atoms with van der Waals surface area (Å²) in [6, 6.07) is 16.1. The van der Waals surface area contributed by atoms with Crippen LogP contribution in [0.4, 0.5) is 5.88 Å². The summed E-state index contributed by atoms with van der Waals surface area (Å²) in [5.74, 6) is 2.05. The largest absolute Gasteiger partial charge is 0.492 e. The van der Waals surface area contributed by atoms with Crippen LogP contribution >= 0.6 is 0 Å². The topological polar surface area (TPSA) is 55.2 Å². The number of piperidine rings is 1. The third-order valence-electron chi connectivity index (χ3n) is 6.93. The van der Waals surface area contributed by atoms with Gasteiger partial charge in [-0.15, -0.1) is 0 Å². The third kappa shape index (κ3) is 4.92. The highest BCUT2D eigenvalue weighted by Gasteiger charge is 2.21. The molecule has 0 spiro atoms. The van der Waals surface area contributed by atoms with Gasteiger partial charge >= 0.3 is 0 Å². The van der Waals surface area contributed by atoms with E-state index >= 15 is 0 Å². The van der Waals surface area contributed by atoms with Gasteiger partial charge in [-0.2, -0.15) is 0 Å². The Balaban J connectivity index is 1.21. The summed E-state index contributed by atoms with van der Waals surface area (Å²) in [6.45, 7) is 8.42. The molecule has 2 saturated heterocycles. The Bertz CT molecular complexity index is 1130. The van der Waals surface area contributed by atoms with Crippen molar-refractivity contribution in [3.8, 4) is 5.75 Å². The van der Waals surface area contributed by atoms with Crippen LogP contribution in [0.3, 0.4) is 0 Å². The van der Waals surface area contributed by atoms with Crippen LogP contribution in [0.25, 0.3) is 11.0 Å². The van der Waals surface area contributed by atoms with E-state index in [-0.39, 0.29) is 5.43 Å². The van der Waals surface area contributed by atoms with Crippen LogP contribution in [-0.2, 0) is 4.74 Å². The molecule has 0 bridgehead atoms. The van der Waals surface area contributed by atoms with Crippen LogP contribution in [0.2, 0.25) is 0 Å². The molecule has 0 unspecified atom stereocenters. The number of benzene rings is 2. The Morgan fingerprint density at radius 2 is 1.76 bits per heavy atom. The zero-order chi connectivity index (χ0) is 22.6. The van der Waals surface area contributed by atoms with Gasteiger partial charge in [-0.1, -0.05) is 30.3 Å². The molecule has 1 aromatic heterocycles. The number of nitrogens with zero attached hydrogens (tertiary/aromatic N) is 2. The molecule has 6 nitrogen and oxygen atoms in total. The normalized spacial score (nSPS) is 18.0. The molecule has 2 aliphatic heterocycles. The minimum absolute atomic E-state index is 0.0197. The molecule has 2 fully saturated rings. The van der Waals surface area contributed by atoms with Crippen molar-refractivity contribution in [2.45, 2.75) is 25.7 Å². The van der Waals surface area contributed by atoms with E-state index in [0.29, 0.717) is 42.6 Å². The summed E-state index contributed by atoms with van der Waals surface area (Å²) in [5.41, 5.74) is 2.93. The van der Waals surface area contributed by atoms with E-state index in [4.69, 9.17) is 13.9 Å². The molecule has 0 saturated carbocycles. The molecule has 0 amide bonds. The Morgan fingerprint density at radius 1 is 1.00 bits per heavy atom. The second kappa shape index (κ2) is 9.98. The number of rotatable bonds is 6. The van der Waals surface area contributed by atoms with Crippen LogP contribution in [0.5, 0.6) is 5.75 Å². The summed E-state index contributed by atoms with van der Waals surface area (Å²) in [4.78, 5) is 17.2. The van der Waals surface area contributed by atoms with Crippen molar-refractivity contribution in [1.29, 1.82) is 0 Å². The van der Waals surface area contributed by atoms with Gasteiger partial charge in [0.25, 0.3) is 0 Å². The van der Waals surface area contributed by atoms with E-state index in [1.165, 1.54) is 18.4 Å². The number of fused-ring (bicyclic) bond motifs is 1. The number of likely N-dealkylation sites (tertiary alicyclic amines) is 1. The smallest absolute Gasteiger partial charge is 0.200 e. The van der Waals surface area contributed by atoms with Gasteiger partial charge in [0.05, 0.1) is 18.6 Å². The van der Waals surface area contributed by atoms with Gasteiger partial charge in [0.2, 0.25) is 0 Å². The highest BCUT2D eigenvalue weighted by molar-refractivity contribution is 5.82. The molecule has 0 atom stereocenters. The monoisotopic (exact) mass is 448 g/mol. The highest BCUT2D eigenvalue weighted by Crippen LogP contribution is 2.30. The highest BCUT2D eigenvalue weighted by atomic mass is 16.5. The molecule has 0 radical (unpaired) electrons. The number of aryl methyl sites for hydroxylation is 1. The van der Waals surface area contributed by atoms with E-state index in [1.54, 1.807) is 6.07 Å². The van der Waals surface area contributed by atoms with Crippen molar-refractivity contribution in [2.75, 3.05) is 57.4 Å². The van der Waals surface area contributed by atoms with Crippen LogP contribution in [0, 0.1) is 6.92 Å². The Labute approximate surface area is 194 Å². The second-order valence-corrected chi connectivity index (χ2v) is 8.99. The minimum Gasteiger partial charge on any atom is -0.492 e. The molecule has 3 aromatic rings. The molecule has 0 aliphatic carbocycles. The standard InChI is InChI=1S/C27H32N2O4/c1-20-25(32-18-13-28-11-9-22(10-12-28)21-5-3-2-4-6-21)8-7-23-24(30)19-26(33-27(20)23)29-14-16-31-17-15-29/h2-8,19,22H,9-18H2,1H3. The van der Waals surface area contributed by atoms with Gasteiger partial charge in [0.1, 0.15) is 17.9 Å². The summed E-state index contributed by atoms with van der Waals surface area (Å²) in [6.07, 6.45) is 2.38. The average molecular weight is 449 g/mol. The zero-order valence-electron chi connectivity index (χ0n) is 19.3. The molecule has 3 heterocycles. The van der Waals surface area contributed by atoms with Crippen LogP contribution in [-0.4, -0.2) is 57.4 Å². The van der Waals surface area contributed by atoms with Crippen molar-refractivity contribution >= 4 is 16.9 Å². The van der Waals surface area contributed by atoms with Gasteiger partial charge < -0.3 is 18.8 Å². The van der Waals surface area contributed by atoms with Crippen molar-refractivity contribution in [3.05, 3.63) is 69.9 Å². The SMILES string of the molecule is Cc1c(OCCN2CCC(c3ccccc3)CC2)ccc2c(=O)cc(N3CCOCC3)oc12. The zero-order valence-corrected chi connectivity index (χ0v) is 19.3. The molecular formula is C27H32N2O4. The van der Waals surface area contributed by atoms with E-state index in [9.17, 15) is 4.79 Å². The molecule has 0 N–H and O–H groups in total. The summed E-state index contributed by atoms with van der Waals surface area (Å²) in [5, 5.41) is 0.597. The first kappa shape index (κ1) is 22.0. The van der Waals surface area contributed by atoms with Crippen molar-refractivity contribution in [3.63, 3.8) is 0 Å². The summed E-state index contributed by atoms with van der Waals surface area (Å²) < 4.78 is 17.7. The molecule has 2 aromatic carbocycles. The van der Waals surface area contributed by atoms with Crippen molar-refractivity contribution in [1.82, 2.24) is 4.90 Å². The van der Waals surface area contributed by atoms with Crippen LogP contribution < -0.4 is 15.1 Å². The van der Waals surface area contributed by atoms with Crippen molar-refractivity contribution < 1.29 is 13.9 Å². The Morgan fingerprint density at radius 3 is 2.52 bits per heavy atom. The number of morpholine rings is 1. The Hall–Kier alpha value is -2.83. The predicted octanol–water partition coefficient (Wildman–Crippen LogP) is 4.20. The Kier molecular flexibility index (Phi) is 6.65. The fourth-order valence-corrected chi connectivity index (χ4v) is 4.92. The lowest BCUT2D eigenvalue weighted by atomic mass is 9.89. The molecule has 33 heavy (non-hydrogen) atoms. The molecule has 6 heteroatoms. The van der Waals surface area contributed by atoms with Gasteiger partial charge in [-0.3, -0.25) is 9.69 Å². The van der Waals surface area contributed by atoms with Gasteiger partial charge in [-0.25, -0.2) is 0 Å². The maximum absolute atomic E-state index is 12.7. The molecule has 5 rings (SSSR count). The number of hydrogen-bond donors (Lipinski definition) is 0. The lowest BCUT2D eigenvalue weighted by Gasteiger charge is -2.32. The maximum atomic E-state index is 12.7. The quantitative estimate of drug-likeness (QED) is 0.564. The van der Waals surface area contributed by atoms with Crippen molar-refractivity contribution in [2.24, 2.45) is 0 Å². The molecule has 174 valence electrons. The minimum atomic E-state index is -0.0197. The average Bonchev–Trinajstić information content (AvgIpc) is 2.87. The number of hydrogen-bond acceptors (Lipinski definition) is 6. The number of anilines is 1. The molecular weight excluding hydrogens is 416 g/mol. The first-order chi connectivity index (χ1) is 16.2. The van der Waals surface area contributed by atoms with Gasteiger partial charge in [0.15, 0.2) is 11.3 Å². The van der Waals surface area contributed by atoms with E-state index in [1.807, 2.05) is 19.1 Å². The van der Waals surface area contributed by atoms with E-state index in [2.05, 4.69) is 40.1 Å². The van der Waals surface area contributed by atoms with Crippen LogP contribution in [0.15, 0.2) is 57.7 Å². The lowest BCUT2D eigenvalue weighted by molar-refractivity contribution is 0.121. The van der Waals surface area contributed by atoms with E-state index in [0.717, 1.165) is 44.0 Å². The first-order valence-electron chi connectivity index (χ1n) is 12.0. The lowest BCUT2D eigenvalue weighted by Crippen LogP contribution is -2.36. The summed E-state index contributed by atoms with van der Waals surface area (Å²) in [7, 11) is 0. The predicted molar refractivity (Wildman–Crippen MR) is 131 cm³/mol. The van der Waals surface area contributed by atoms with Gasteiger partial charge in [-0.05, 0) is 56.5 Å². The second-order valence-electron chi connectivity index (χ2n) is 8.99. The fraction of sp³-hybridized carbons (Fsp3) is 0.444. The third-order valence-corrected chi connectivity index (χ3v) is 6.93. The van der Waals surface area contributed by atoms with Gasteiger partial charge in [0, 0.05) is 31.3 Å². The number of ether oxygens (including phenoxy) is 2. The molecule has 2 aliphatic rings. The van der Waals surface area contributed by atoms with E-state index < -0.39 is 0 Å². The van der Waals surface area contributed by atoms with Crippen LogP contribution in [0.1, 0.15) is 29.9 Å². The maximum Gasteiger partial charge on any atom is 0.200 e.